The van der Waals surface area contributed by atoms with Crippen LogP contribution in [-0.2, 0) is 21.2 Å². The number of nitrogens with one attached hydrogen (secondary N) is 2. The largest absolute Gasteiger partial charge is 0.365 e. The molecule has 134 valence electrons. The molecule has 1 aromatic heterocycles. The smallest absolute Gasteiger partial charge is 0.262 e. The van der Waals surface area contributed by atoms with E-state index in [-0.39, 0.29) is 21.4 Å². The van der Waals surface area contributed by atoms with Crippen molar-refractivity contribution in [3.8, 4) is 0 Å². The molecule has 2 rings (SSSR count). The number of aryl methyl sites for hydroxylation is 1. The van der Waals surface area contributed by atoms with Gasteiger partial charge in [-0.2, -0.15) is 0 Å². The average molecular weight is 381 g/mol. The van der Waals surface area contributed by atoms with Crippen LogP contribution < -0.4 is 15.8 Å². The number of hydrogen-bond acceptors (Lipinski definition) is 5. The van der Waals surface area contributed by atoms with Crippen LogP contribution in [0.3, 0.4) is 0 Å². The standard InChI is InChI=1S/C16H19N3O4S2/c1-4-13-9(2)24-16(14(13)15(17)21)19-25(22,23)12-7-5-11(6-8-12)18-10(3)20/h5-8,19H,4H2,1-3H3,(H2,17,21)(H,18,20). The van der Waals surface area contributed by atoms with Gasteiger partial charge >= 0.3 is 0 Å². The van der Waals surface area contributed by atoms with Crippen molar-refractivity contribution in [1.82, 2.24) is 0 Å². The summed E-state index contributed by atoms with van der Waals surface area (Å²) in [5.74, 6) is -0.916. The van der Waals surface area contributed by atoms with E-state index in [1.54, 1.807) is 0 Å². The van der Waals surface area contributed by atoms with Crippen LogP contribution in [0.25, 0.3) is 0 Å². The molecule has 0 aliphatic rings. The van der Waals surface area contributed by atoms with Gasteiger partial charge < -0.3 is 11.1 Å². The van der Waals surface area contributed by atoms with E-state index in [9.17, 15) is 18.0 Å². The molecule has 0 aliphatic heterocycles. The van der Waals surface area contributed by atoms with Gasteiger partial charge in [0.05, 0.1) is 10.5 Å². The highest BCUT2D eigenvalue weighted by molar-refractivity contribution is 7.93. The third-order valence-corrected chi connectivity index (χ3v) is 6.08. The fourth-order valence-corrected chi connectivity index (χ4v) is 4.89. The zero-order valence-corrected chi connectivity index (χ0v) is 15.7. The molecule has 1 aromatic carbocycles. The first-order valence-electron chi connectivity index (χ1n) is 7.48. The number of thiophene rings is 1. The van der Waals surface area contributed by atoms with Crippen molar-refractivity contribution < 1.29 is 18.0 Å². The Morgan fingerprint density at radius 1 is 1.20 bits per heavy atom. The monoisotopic (exact) mass is 381 g/mol. The van der Waals surface area contributed by atoms with E-state index in [4.69, 9.17) is 5.73 Å². The first-order chi connectivity index (χ1) is 11.7. The summed E-state index contributed by atoms with van der Waals surface area (Å²) in [6.45, 7) is 5.05. The molecule has 4 N–H and O–H groups in total. The number of benzene rings is 1. The lowest BCUT2D eigenvalue weighted by atomic mass is 10.1. The Bertz CT molecular complexity index is 916. The highest BCUT2D eigenvalue weighted by Crippen LogP contribution is 2.34. The second-order valence-corrected chi connectivity index (χ2v) is 8.28. The topological polar surface area (TPSA) is 118 Å². The minimum Gasteiger partial charge on any atom is -0.365 e. The first kappa shape index (κ1) is 18.9. The van der Waals surface area contributed by atoms with Gasteiger partial charge in [-0.15, -0.1) is 11.3 Å². The Morgan fingerprint density at radius 3 is 2.28 bits per heavy atom. The van der Waals surface area contributed by atoms with Gasteiger partial charge in [-0.25, -0.2) is 8.42 Å². The first-order valence-corrected chi connectivity index (χ1v) is 9.78. The Morgan fingerprint density at radius 2 is 1.80 bits per heavy atom. The molecule has 0 unspecified atom stereocenters. The molecule has 0 saturated heterocycles. The summed E-state index contributed by atoms with van der Waals surface area (Å²) < 4.78 is 27.6. The van der Waals surface area contributed by atoms with Crippen molar-refractivity contribution >= 4 is 43.9 Å². The molecule has 0 fully saturated rings. The number of rotatable bonds is 6. The third-order valence-electron chi connectivity index (χ3n) is 3.52. The van der Waals surface area contributed by atoms with E-state index in [0.29, 0.717) is 12.1 Å². The van der Waals surface area contributed by atoms with Crippen LogP contribution in [0.5, 0.6) is 0 Å². The fourth-order valence-electron chi connectivity index (χ4n) is 2.44. The summed E-state index contributed by atoms with van der Waals surface area (Å²) in [6, 6.07) is 5.72. The molecule has 25 heavy (non-hydrogen) atoms. The lowest BCUT2D eigenvalue weighted by Crippen LogP contribution is -2.18. The number of sulfonamides is 1. The van der Waals surface area contributed by atoms with Gasteiger partial charge in [-0.05, 0) is 43.2 Å². The molecule has 2 amide bonds. The number of carbonyl (C=O) groups excluding carboxylic acids is 2. The number of carbonyl (C=O) groups is 2. The highest BCUT2D eigenvalue weighted by Gasteiger charge is 2.23. The number of hydrogen-bond donors (Lipinski definition) is 3. The van der Waals surface area contributed by atoms with Gasteiger partial charge in [0.15, 0.2) is 0 Å². The molecule has 9 heteroatoms. The predicted octanol–water partition coefficient (Wildman–Crippen LogP) is 2.48. The Balaban J connectivity index is 2.36. The number of nitrogens with two attached hydrogens (primary N) is 1. The lowest BCUT2D eigenvalue weighted by molar-refractivity contribution is -0.114. The maximum atomic E-state index is 12.6. The van der Waals surface area contributed by atoms with Crippen LogP contribution in [0.2, 0.25) is 0 Å². The van der Waals surface area contributed by atoms with Gasteiger partial charge in [0.25, 0.3) is 15.9 Å². The molecule has 0 saturated carbocycles. The number of anilines is 2. The SMILES string of the molecule is CCc1c(C)sc(NS(=O)(=O)c2ccc(NC(C)=O)cc2)c1C(N)=O. The Hall–Kier alpha value is -2.39. The van der Waals surface area contributed by atoms with Crippen molar-refractivity contribution in [3.05, 3.63) is 40.3 Å². The molecule has 0 radical (unpaired) electrons. The fraction of sp³-hybridized carbons (Fsp3) is 0.250. The highest BCUT2D eigenvalue weighted by atomic mass is 32.2. The van der Waals surface area contributed by atoms with Crippen molar-refractivity contribution in [1.29, 1.82) is 0 Å². The minimum absolute atomic E-state index is 0.0149. The van der Waals surface area contributed by atoms with Crippen molar-refractivity contribution in [3.63, 3.8) is 0 Å². The van der Waals surface area contributed by atoms with Gasteiger partial charge in [0.1, 0.15) is 5.00 Å². The molecular weight excluding hydrogens is 362 g/mol. The zero-order chi connectivity index (χ0) is 18.8. The van der Waals surface area contributed by atoms with Crippen LogP contribution in [0, 0.1) is 6.92 Å². The molecule has 0 aliphatic carbocycles. The van der Waals surface area contributed by atoms with Gasteiger partial charge in [-0.3, -0.25) is 14.3 Å². The van der Waals surface area contributed by atoms with Crippen molar-refractivity contribution in [2.75, 3.05) is 10.0 Å². The Kier molecular flexibility index (Phi) is 5.48. The van der Waals surface area contributed by atoms with Crippen LogP contribution >= 0.6 is 11.3 Å². The molecular formula is C16H19N3O4S2. The predicted molar refractivity (Wildman–Crippen MR) is 98.5 cm³/mol. The van der Waals surface area contributed by atoms with Gasteiger partial charge in [0.2, 0.25) is 5.91 Å². The average Bonchev–Trinajstić information content (AvgIpc) is 2.81. The Labute approximate surface area is 150 Å². The molecule has 2 aromatic rings. The third kappa shape index (κ3) is 4.18. The van der Waals surface area contributed by atoms with E-state index in [1.807, 2.05) is 13.8 Å². The molecule has 0 atom stereocenters. The van der Waals surface area contributed by atoms with Crippen LogP contribution in [0.4, 0.5) is 10.7 Å². The normalized spacial score (nSPS) is 11.2. The minimum atomic E-state index is -3.89. The summed E-state index contributed by atoms with van der Waals surface area (Å²) in [5.41, 5.74) is 6.87. The zero-order valence-electron chi connectivity index (χ0n) is 14.0. The second-order valence-electron chi connectivity index (χ2n) is 5.37. The van der Waals surface area contributed by atoms with E-state index < -0.39 is 15.9 Å². The van der Waals surface area contributed by atoms with E-state index >= 15 is 0 Å². The van der Waals surface area contributed by atoms with Crippen LogP contribution in [0.1, 0.15) is 34.6 Å². The quantitative estimate of drug-likeness (QED) is 0.712. The lowest BCUT2D eigenvalue weighted by Gasteiger charge is -2.09. The van der Waals surface area contributed by atoms with Crippen LogP contribution in [-0.4, -0.2) is 20.2 Å². The molecule has 0 spiro atoms. The summed E-state index contributed by atoms with van der Waals surface area (Å²) in [5, 5.41) is 2.78. The van der Waals surface area contributed by atoms with E-state index in [1.165, 1.54) is 42.5 Å². The van der Waals surface area contributed by atoms with Crippen LogP contribution in [0.15, 0.2) is 29.2 Å². The summed E-state index contributed by atoms with van der Waals surface area (Å²) in [7, 11) is -3.89. The summed E-state index contributed by atoms with van der Waals surface area (Å²) in [4.78, 5) is 23.6. The second kappa shape index (κ2) is 7.24. The summed E-state index contributed by atoms with van der Waals surface area (Å²) >= 11 is 1.18. The van der Waals surface area contributed by atoms with Crippen molar-refractivity contribution in [2.45, 2.75) is 32.1 Å². The van der Waals surface area contributed by atoms with E-state index in [2.05, 4.69) is 10.0 Å². The van der Waals surface area contributed by atoms with Gasteiger partial charge in [-0.1, -0.05) is 6.92 Å². The summed E-state index contributed by atoms with van der Waals surface area (Å²) in [6.07, 6.45) is 0.577. The number of amides is 2. The maximum Gasteiger partial charge on any atom is 0.262 e. The molecule has 7 nitrogen and oxygen atoms in total. The van der Waals surface area contributed by atoms with E-state index in [0.717, 1.165) is 10.4 Å². The van der Waals surface area contributed by atoms with Crippen molar-refractivity contribution in [2.24, 2.45) is 5.73 Å². The molecule has 0 bridgehead atoms. The molecule has 1 heterocycles. The van der Waals surface area contributed by atoms with Gasteiger partial charge in [0, 0.05) is 17.5 Å². The number of primary amides is 1. The maximum absolute atomic E-state index is 12.6.